The molecule has 0 radical (unpaired) electrons. The number of pyridine rings is 1. The number of aromatic hydroxyl groups is 1. The predicted molar refractivity (Wildman–Crippen MR) is 94.7 cm³/mol. The second kappa shape index (κ2) is 5.37. The Morgan fingerprint density at radius 1 is 1.36 bits per heavy atom. The fourth-order valence-electron chi connectivity index (χ4n) is 3.34. The van der Waals surface area contributed by atoms with Crippen molar-refractivity contribution in [1.82, 2.24) is 9.55 Å². The number of allylic oxidation sites excluding steroid dienone is 1. The minimum absolute atomic E-state index is 0.323. The minimum atomic E-state index is -0.853. The van der Waals surface area contributed by atoms with Crippen molar-refractivity contribution in [2.24, 2.45) is 7.05 Å². The normalized spacial score (nSPS) is 12.6. The van der Waals surface area contributed by atoms with E-state index in [1.165, 1.54) is 7.11 Å². The highest BCUT2D eigenvalue weighted by molar-refractivity contribution is 5.95. The molecule has 1 aliphatic carbocycles. The molecule has 0 atom stereocenters. The van der Waals surface area contributed by atoms with Gasteiger partial charge in [0.1, 0.15) is 5.75 Å². The zero-order chi connectivity index (χ0) is 17.7. The Hall–Kier alpha value is -3.28. The highest BCUT2D eigenvalue weighted by Crippen LogP contribution is 2.37. The average molecular weight is 336 g/mol. The lowest BCUT2D eigenvalue weighted by Gasteiger charge is -2.13. The molecule has 25 heavy (non-hydrogen) atoms. The van der Waals surface area contributed by atoms with E-state index in [0.29, 0.717) is 17.7 Å². The fourth-order valence-corrected chi connectivity index (χ4v) is 3.34. The minimum Gasteiger partial charge on any atom is -0.506 e. The van der Waals surface area contributed by atoms with Gasteiger partial charge in [-0.3, -0.25) is 4.79 Å². The summed E-state index contributed by atoms with van der Waals surface area (Å²) in [6.45, 7) is 0. The summed E-state index contributed by atoms with van der Waals surface area (Å²) in [5, 5.41) is 11.6. The van der Waals surface area contributed by atoms with Gasteiger partial charge in [0.2, 0.25) is 0 Å². The number of aromatic amines is 1. The fraction of sp³-hybridized carbons (Fsp3) is 0.158. The number of rotatable bonds is 1. The van der Waals surface area contributed by atoms with Crippen molar-refractivity contribution in [2.45, 2.75) is 6.42 Å². The summed E-state index contributed by atoms with van der Waals surface area (Å²) >= 11 is 0. The van der Waals surface area contributed by atoms with Crippen molar-refractivity contribution in [3.05, 3.63) is 57.5 Å². The number of methoxy groups -OCH3 is 1. The molecule has 2 N–H and O–H groups in total. The third-order valence-corrected chi connectivity index (χ3v) is 4.62. The van der Waals surface area contributed by atoms with Crippen LogP contribution in [0.15, 0.2) is 35.3 Å². The predicted octanol–water partition coefficient (Wildman–Crippen LogP) is 2.60. The van der Waals surface area contributed by atoms with Gasteiger partial charge in [-0.1, -0.05) is 12.2 Å². The van der Waals surface area contributed by atoms with E-state index >= 15 is 0 Å². The Labute approximate surface area is 143 Å². The molecule has 0 amide bonds. The molecule has 0 unspecified atom stereocenters. The largest absolute Gasteiger partial charge is 0.506 e. The summed E-state index contributed by atoms with van der Waals surface area (Å²) in [5.74, 6) is -1.18. The molecule has 0 fully saturated rings. The van der Waals surface area contributed by atoms with Gasteiger partial charge in [-0.05, 0) is 30.2 Å². The van der Waals surface area contributed by atoms with E-state index in [4.69, 9.17) is 0 Å². The Balaban J connectivity index is 2.06. The number of H-pyrrole nitrogens is 1. The van der Waals surface area contributed by atoms with Crippen molar-refractivity contribution in [3.63, 3.8) is 0 Å². The highest BCUT2D eigenvalue weighted by Gasteiger charge is 2.25. The molecule has 2 aromatic heterocycles. The van der Waals surface area contributed by atoms with Crippen molar-refractivity contribution in [1.29, 1.82) is 0 Å². The Bertz CT molecular complexity index is 1120. The van der Waals surface area contributed by atoms with Crippen LogP contribution in [-0.2, 0) is 18.2 Å². The highest BCUT2D eigenvalue weighted by atomic mass is 16.5. The van der Waals surface area contributed by atoms with E-state index < -0.39 is 11.5 Å². The number of carbonyl (C=O) groups is 1. The molecule has 0 spiro atoms. The Kier molecular flexibility index (Phi) is 3.28. The number of aromatic nitrogens is 2. The second-order valence-corrected chi connectivity index (χ2v) is 6.05. The molecule has 0 saturated heterocycles. The van der Waals surface area contributed by atoms with Gasteiger partial charge in [0.15, 0.2) is 5.56 Å². The first-order chi connectivity index (χ1) is 12.0. The number of nitrogens with zero attached hydrogens (tertiary/aromatic N) is 1. The van der Waals surface area contributed by atoms with Crippen LogP contribution in [0.2, 0.25) is 0 Å². The first kappa shape index (κ1) is 15.3. The summed E-state index contributed by atoms with van der Waals surface area (Å²) < 4.78 is 6.63. The van der Waals surface area contributed by atoms with Crippen LogP contribution in [0.25, 0.3) is 28.2 Å². The molecule has 1 aliphatic rings. The smallest absolute Gasteiger partial charge is 0.347 e. The van der Waals surface area contributed by atoms with Crippen LogP contribution >= 0.6 is 0 Å². The SMILES string of the molecule is COC(=O)c1c(O)c2c([nH]c1=O)-c1cc3ccn(C)c3cc1C=CC2. The van der Waals surface area contributed by atoms with Crippen molar-refractivity contribution in [3.8, 4) is 17.0 Å². The maximum atomic E-state index is 12.4. The molecule has 0 bridgehead atoms. The quantitative estimate of drug-likeness (QED) is 0.669. The van der Waals surface area contributed by atoms with Gasteiger partial charge >= 0.3 is 5.97 Å². The average Bonchev–Trinajstić information content (AvgIpc) is 2.85. The Morgan fingerprint density at radius 3 is 2.92 bits per heavy atom. The third kappa shape index (κ3) is 2.18. The molecule has 2 heterocycles. The van der Waals surface area contributed by atoms with E-state index in [1.54, 1.807) is 0 Å². The number of hydrogen-bond donors (Lipinski definition) is 2. The molecule has 0 aliphatic heterocycles. The zero-order valence-electron chi connectivity index (χ0n) is 13.8. The third-order valence-electron chi connectivity index (χ3n) is 4.62. The van der Waals surface area contributed by atoms with E-state index in [2.05, 4.69) is 9.72 Å². The molecule has 1 aromatic carbocycles. The molecule has 6 nitrogen and oxygen atoms in total. The van der Waals surface area contributed by atoms with Gasteiger partial charge in [0.25, 0.3) is 5.56 Å². The topological polar surface area (TPSA) is 84.3 Å². The number of carbonyl (C=O) groups excluding carboxylic acids is 1. The van der Waals surface area contributed by atoms with Gasteiger partial charge in [0.05, 0.1) is 12.8 Å². The lowest BCUT2D eigenvalue weighted by atomic mass is 9.98. The first-order valence-corrected chi connectivity index (χ1v) is 7.83. The van der Waals surface area contributed by atoms with Crippen LogP contribution in [0.4, 0.5) is 0 Å². The number of benzene rings is 1. The number of esters is 1. The van der Waals surface area contributed by atoms with Crippen LogP contribution in [-0.4, -0.2) is 27.7 Å². The summed E-state index contributed by atoms with van der Waals surface area (Å²) in [7, 11) is 3.15. The van der Waals surface area contributed by atoms with Gasteiger partial charge in [-0.15, -0.1) is 0 Å². The van der Waals surface area contributed by atoms with E-state index in [9.17, 15) is 14.7 Å². The van der Waals surface area contributed by atoms with Crippen LogP contribution < -0.4 is 5.56 Å². The van der Waals surface area contributed by atoms with E-state index in [1.807, 2.05) is 48.2 Å². The molecular weight excluding hydrogens is 320 g/mol. The first-order valence-electron chi connectivity index (χ1n) is 7.83. The summed E-state index contributed by atoms with van der Waals surface area (Å²) in [6, 6.07) is 6.01. The summed E-state index contributed by atoms with van der Waals surface area (Å²) in [6.07, 6.45) is 6.22. The van der Waals surface area contributed by atoms with E-state index in [0.717, 1.165) is 22.0 Å². The van der Waals surface area contributed by atoms with Crippen LogP contribution in [0.5, 0.6) is 5.75 Å². The standard InChI is InChI=1S/C19H16N2O4/c1-21-7-6-11-8-13-10(9-14(11)21)4-3-5-12-16(13)20-18(23)15(17(12)22)19(24)25-2/h3-4,6-9H,5H2,1-2H3,(H2,20,22,23). The maximum Gasteiger partial charge on any atom is 0.347 e. The number of hydrogen-bond acceptors (Lipinski definition) is 4. The van der Waals surface area contributed by atoms with E-state index in [-0.39, 0.29) is 11.3 Å². The van der Waals surface area contributed by atoms with Crippen molar-refractivity contribution >= 4 is 22.9 Å². The molecule has 6 heteroatoms. The van der Waals surface area contributed by atoms with Crippen LogP contribution in [0.1, 0.15) is 21.5 Å². The lowest BCUT2D eigenvalue weighted by Crippen LogP contribution is -2.21. The lowest BCUT2D eigenvalue weighted by molar-refractivity contribution is 0.0595. The van der Waals surface area contributed by atoms with Crippen LogP contribution in [0, 0.1) is 0 Å². The molecule has 3 aromatic rings. The molecule has 0 saturated carbocycles. The zero-order valence-corrected chi connectivity index (χ0v) is 13.8. The maximum absolute atomic E-state index is 12.4. The second-order valence-electron chi connectivity index (χ2n) is 6.05. The Morgan fingerprint density at radius 2 is 2.16 bits per heavy atom. The van der Waals surface area contributed by atoms with Crippen molar-refractivity contribution in [2.75, 3.05) is 7.11 Å². The monoisotopic (exact) mass is 336 g/mol. The van der Waals surface area contributed by atoms with Gasteiger partial charge in [-0.2, -0.15) is 0 Å². The summed E-state index contributed by atoms with van der Waals surface area (Å²) in [4.78, 5) is 26.9. The van der Waals surface area contributed by atoms with Gasteiger partial charge < -0.3 is 19.4 Å². The molecule has 126 valence electrons. The van der Waals surface area contributed by atoms with Crippen molar-refractivity contribution < 1.29 is 14.6 Å². The number of aryl methyl sites for hydroxylation is 1. The van der Waals surface area contributed by atoms with Crippen LogP contribution in [0.3, 0.4) is 0 Å². The van der Waals surface area contributed by atoms with Gasteiger partial charge in [0, 0.05) is 35.3 Å². The molecular formula is C19H16N2O4. The number of fused-ring (bicyclic) bond motifs is 4. The number of nitrogens with one attached hydrogen (secondary N) is 1. The van der Waals surface area contributed by atoms with Gasteiger partial charge in [-0.25, -0.2) is 4.79 Å². The molecule has 4 rings (SSSR count). The summed E-state index contributed by atoms with van der Waals surface area (Å²) in [5.41, 5.74) is 2.83. The number of ether oxygens (including phenoxy) is 1.